The summed E-state index contributed by atoms with van der Waals surface area (Å²) in [4.78, 5) is 11.4. The summed E-state index contributed by atoms with van der Waals surface area (Å²) in [6.07, 6.45) is 1.42. The number of fused-ring (bicyclic) bond motifs is 1. The first-order valence-corrected chi connectivity index (χ1v) is 9.21. The van der Waals surface area contributed by atoms with Crippen LogP contribution in [-0.4, -0.2) is 18.3 Å². The van der Waals surface area contributed by atoms with Crippen molar-refractivity contribution in [1.29, 1.82) is 0 Å². The Kier molecular flexibility index (Phi) is 4.36. The number of nitrogens with zero attached hydrogens (tertiary/aromatic N) is 1. The van der Waals surface area contributed by atoms with Crippen molar-refractivity contribution < 1.29 is 13.2 Å². The Bertz CT molecular complexity index is 1040. The summed E-state index contributed by atoms with van der Waals surface area (Å²) in [6, 6.07) is 13.0. The van der Waals surface area contributed by atoms with E-state index in [1.807, 2.05) is 6.92 Å². The summed E-state index contributed by atoms with van der Waals surface area (Å²) in [7, 11) is -3.78. The van der Waals surface area contributed by atoms with Crippen molar-refractivity contribution in [3.8, 4) is 0 Å². The highest BCUT2D eigenvalue weighted by Crippen LogP contribution is 2.30. The number of nitrogens with two attached hydrogens (primary N) is 2. The number of aromatic nitrogens is 1. The van der Waals surface area contributed by atoms with Gasteiger partial charge in [-0.2, -0.15) is 0 Å². The highest BCUT2D eigenvalue weighted by Gasteiger charge is 2.23. The van der Waals surface area contributed by atoms with Gasteiger partial charge in [-0.15, -0.1) is 0 Å². The predicted molar refractivity (Wildman–Crippen MR) is 96.4 cm³/mol. The smallest absolute Gasteiger partial charge is 0.268 e. The Balaban J connectivity index is 2.20. The largest absolute Gasteiger partial charge is 0.370 e. The first-order valence-electron chi connectivity index (χ1n) is 7.77. The van der Waals surface area contributed by atoms with E-state index in [0.29, 0.717) is 16.5 Å². The number of para-hydroxylation sites is 1. The number of carbonyl (C=O) groups excluding carboxylic acids is 1. The minimum atomic E-state index is -3.78. The fourth-order valence-electron chi connectivity index (χ4n) is 2.82. The van der Waals surface area contributed by atoms with E-state index in [1.54, 1.807) is 48.5 Å². The topological polar surface area (TPSA) is 108 Å². The lowest BCUT2D eigenvalue weighted by Gasteiger charge is -2.08. The van der Waals surface area contributed by atoms with Crippen LogP contribution in [0.4, 0.5) is 0 Å². The summed E-state index contributed by atoms with van der Waals surface area (Å²) in [5.74, 6) is -0.536. The number of hydrogen-bond donors (Lipinski definition) is 2. The zero-order valence-electron chi connectivity index (χ0n) is 13.7. The van der Waals surface area contributed by atoms with Crippen LogP contribution in [0.5, 0.6) is 0 Å². The monoisotopic (exact) mass is 357 g/mol. The van der Waals surface area contributed by atoms with Gasteiger partial charge in [0, 0.05) is 24.0 Å². The molecule has 0 fully saturated rings. The molecule has 1 unspecified atom stereocenters. The molecule has 0 aliphatic rings. The molecule has 25 heavy (non-hydrogen) atoms. The fraction of sp³-hybridized carbons (Fsp3) is 0.167. The second-order valence-electron chi connectivity index (χ2n) is 5.99. The summed E-state index contributed by atoms with van der Waals surface area (Å²) in [5.41, 5.74) is 13.4. The molecule has 0 bridgehead atoms. The summed E-state index contributed by atoms with van der Waals surface area (Å²) >= 11 is 0. The lowest BCUT2D eigenvalue weighted by Crippen LogP contribution is -2.20. The van der Waals surface area contributed by atoms with Gasteiger partial charge in [0.2, 0.25) is 5.91 Å². The maximum absolute atomic E-state index is 13.0. The lowest BCUT2D eigenvalue weighted by atomic mass is 10.0. The van der Waals surface area contributed by atoms with Gasteiger partial charge in [-0.05, 0) is 30.7 Å². The molecule has 6 nitrogen and oxygen atoms in total. The fourth-order valence-corrected chi connectivity index (χ4v) is 4.20. The molecule has 0 radical (unpaired) electrons. The van der Waals surface area contributed by atoms with Crippen molar-refractivity contribution in [3.63, 3.8) is 0 Å². The molecule has 3 aromatic rings. The molecule has 4 N–H and O–H groups in total. The van der Waals surface area contributed by atoms with Gasteiger partial charge in [0.25, 0.3) is 10.0 Å². The number of primary amides is 1. The Morgan fingerprint density at radius 2 is 1.76 bits per heavy atom. The Hall–Kier alpha value is -2.64. The van der Waals surface area contributed by atoms with Crippen LogP contribution in [0.15, 0.2) is 59.6 Å². The first kappa shape index (κ1) is 17.2. The van der Waals surface area contributed by atoms with E-state index in [9.17, 15) is 13.2 Å². The zero-order chi connectivity index (χ0) is 18.2. The number of rotatable bonds is 5. The van der Waals surface area contributed by atoms with Gasteiger partial charge in [-0.1, -0.05) is 35.9 Å². The van der Waals surface area contributed by atoms with Crippen LogP contribution in [0.2, 0.25) is 0 Å². The van der Waals surface area contributed by atoms with Crippen molar-refractivity contribution in [2.45, 2.75) is 24.3 Å². The molecule has 0 saturated carbocycles. The molecule has 1 atom stereocenters. The standard InChI is InChI=1S/C18H19N3O3S/c1-12-6-8-13(9-7-12)25(23,24)21-11-15(16(19)10-18(20)22)14-4-2-3-5-17(14)21/h2-9,11,16H,10,19H2,1H3,(H2,20,22). The zero-order valence-corrected chi connectivity index (χ0v) is 14.5. The molecule has 7 heteroatoms. The van der Waals surface area contributed by atoms with Crippen molar-refractivity contribution in [1.82, 2.24) is 3.97 Å². The summed E-state index contributed by atoms with van der Waals surface area (Å²) in [6.45, 7) is 1.89. The predicted octanol–water partition coefficient (Wildman–Crippen LogP) is 2.06. The van der Waals surface area contributed by atoms with E-state index in [-0.39, 0.29) is 11.3 Å². The minimum absolute atomic E-state index is 0.0570. The molecule has 3 rings (SSSR count). The first-order chi connectivity index (χ1) is 11.8. The van der Waals surface area contributed by atoms with Crippen LogP contribution in [0, 0.1) is 6.92 Å². The van der Waals surface area contributed by atoms with Crippen molar-refractivity contribution in [2.24, 2.45) is 11.5 Å². The maximum atomic E-state index is 13.0. The second kappa shape index (κ2) is 6.34. The number of hydrogen-bond acceptors (Lipinski definition) is 4. The van der Waals surface area contributed by atoms with Crippen LogP contribution < -0.4 is 11.5 Å². The number of benzene rings is 2. The van der Waals surface area contributed by atoms with Crippen LogP contribution in [0.1, 0.15) is 23.6 Å². The van der Waals surface area contributed by atoms with E-state index in [0.717, 1.165) is 5.56 Å². The maximum Gasteiger partial charge on any atom is 0.268 e. The third kappa shape index (κ3) is 3.16. The number of carbonyl (C=O) groups is 1. The van der Waals surface area contributed by atoms with Crippen molar-refractivity contribution in [3.05, 3.63) is 65.9 Å². The third-order valence-corrected chi connectivity index (χ3v) is 5.80. The minimum Gasteiger partial charge on any atom is -0.370 e. The molecule has 1 heterocycles. The quantitative estimate of drug-likeness (QED) is 0.728. The molecular weight excluding hydrogens is 338 g/mol. The van der Waals surface area contributed by atoms with Crippen LogP contribution in [0.3, 0.4) is 0 Å². The van der Waals surface area contributed by atoms with Gasteiger partial charge >= 0.3 is 0 Å². The van der Waals surface area contributed by atoms with Gasteiger partial charge in [0.15, 0.2) is 0 Å². The Morgan fingerprint density at radius 1 is 1.12 bits per heavy atom. The van der Waals surface area contributed by atoms with E-state index in [4.69, 9.17) is 11.5 Å². The van der Waals surface area contributed by atoms with Gasteiger partial charge in [0.05, 0.1) is 10.4 Å². The molecule has 1 amide bonds. The molecule has 0 aliphatic heterocycles. The molecular formula is C18H19N3O3S. The van der Waals surface area contributed by atoms with Crippen molar-refractivity contribution >= 4 is 26.8 Å². The third-order valence-electron chi connectivity index (χ3n) is 4.11. The van der Waals surface area contributed by atoms with Crippen molar-refractivity contribution in [2.75, 3.05) is 0 Å². The Morgan fingerprint density at radius 3 is 2.40 bits per heavy atom. The second-order valence-corrected chi connectivity index (χ2v) is 7.81. The normalized spacial score (nSPS) is 13.0. The van der Waals surface area contributed by atoms with Gasteiger partial charge < -0.3 is 11.5 Å². The molecule has 2 aromatic carbocycles. The lowest BCUT2D eigenvalue weighted by molar-refractivity contribution is -0.118. The Labute approximate surface area is 146 Å². The SMILES string of the molecule is Cc1ccc(S(=O)(=O)n2cc(C(N)CC(N)=O)c3ccccc32)cc1. The molecule has 1 aromatic heterocycles. The molecule has 0 saturated heterocycles. The van der Waals surface area contributed by atoms with E-state index < -0.39 is 22.0 Å². The summed E-state index contributed by atoms with van der Waals surface area (Å²) < 4.78 is 27.3. The molecule has 130 valence electrons. The van der Waals surface area contributed by atoms with Gasteiger partial charge in [0.1, 0.15) is 0 Å². The number of aryl methyl sites for hydroxylation is 1. The van der Waals surface area contributed by atoms with Gasteiger partial charge in [-0.25, -0.2) is 12.4 Å². The van der Waals surface area contributed by atoms with E-state index in [2.05, 4.69) is 0 Å². The average molecular weight is 357 g/mol. The average Bonchev–Trinajstić information content (AvgIpc) is 2.95. The van der Waals surface area contributed by atoms with Crippen LogP contribution in [-0.2, 0) is 14.8 Å². The van der Waals surface area contributed by atoms with E-state index >= 15 is 0 Å². The van der Waals surface area contributed by atoms with Crippen LogP contribution >= 0.6 is 0 Å². The van der Waals surface area contributed by atoms with Crippen LogP contribution in [0.25, 0.3) is 10.9 Å². The van der Waals surface area contributed by atoms with Gasteiger partial charge in [-0.3, -0.25) is 4.79 Å². The van der Waals surface area contributed by atoms with E-state index in [1.165, 1.54) is 10.2 Å². The molecule has 0 aliphatic carbocycles. The number of amides is 1. The molecule has 0 spiro atoms. The summed E-state index contributed by atoms with van der Waals surface area (Å²) in [5, 5.41) is 0.687. The highest BCUT2D eigenvalue weighted by atomic mass is 32.2. The highest BCUT2D eigenvalue weighted by molar-refractivity contribution is 7.90.